The third-order valence-corrected chi connectivity index (χ3v) is 4.98. The van der Waals surface area contributed by atoms with Crippen LogP contribution in [0.15, 0.2) is 12.3 Å². The quantitative estimate of drug-likeness (QED) is 0.418. The monoisotopic (exact) mass is 204 g/mol. The molecule has 0 bridgehead atoms. The molecule has 0 spiro atoms. The van der Waals surface area contributed by atoms with Crippen molar-refractivity contribution >= 4 is 21.6 Å². The average Bonchev–Trinajstić information content (AvgIpc) is 2.49. The van der Waals surface area contributed by atoms with Crippen LogP contribution in [-0.2, 0) is 0 Å². The van der Waals surface area contributed by atoms with Crippen molar-refractivity contribution in [2.24, 2.45) is 0 Å². The molecule has 1 atom stereocenters. The first kappa shape index (κ1) is 10.3. The Labute approximate surface area is 82.4 Å². The zero-order valence-corrected chi connectivity index (χ0v) is 8.92. The Balaban J connectivity index is 1.91. The third kappa shape index (κ3) is 4.31. The average molecular weight is 204 g/mol. The van der Waals surface area contributed by atoms with E-state index in [-0.39, 0.29) is 0 Å². The van der Waals surface area contributed by atoms with Gasteiger partial charge in [-0.1, -0.05) is 34.6 Å². The Bertz CT molecular complexity index is 141. The van der Waals surface area contributed by atoms with Crippen LogP contribution in [0.5, 0.6) is 0 Å². The lowest BCUT2D eigenvalue weighted by Crippen LogP contribution is -1.96. The molecule has 1 saturated heterocycles. The van der Waals surface area contributed by atoms with Crippen LogP contribution in [0, 0.1) is 0 Å². The second kappa shape index (κ2) is 5.81. The maximum atomic E-state index is 8.84. The first-order chi connectivity index (χ1) is 5.79. The molecule has 0 radical (unpaired) electrons. The molecule has 1 unspecified atom stereocenters. The minimum atomic E-state index is 0.337. The van der Waals surface area contributed by atoms with E-state index in [2.05, 4.69) is 6.58 Å². The fraction of sp³-hybridized carbons (Fsp3) is 0.778. The Morgan fingerprint density at radius 1 is 1.50 bits per heavy atom. The van der Waals surface area contributed by atoms with E-state index in [0.29, 0.717) is 5.76 Å². The van der Waals surface area contributed by atoms with Crippen LogP contribution in [0.3, 0.4) is 0 Å². The SMILES string of the molecule is C=C(O)CCCCC1CCSS1. The zero-order chi connectivity index (χ0) is 8.81. The Kier molecular flexibility index (Phi) is 5.00. The minimum absolute atomic E-state index is 0.337. The van der Waals surface area contributed by atoms with Crippen molar-refractivity contribution in [3.05, 3.63) is 12.3 Å². The van der Waals surface area contributed by atoms with Gasteiger partial charge in [-0.25, -0.2) is 0 Å². The predicted molar refractivity (Wildman–Crippen MR) is 58.7 cm³/mol. The van der Waals surface area contributed by atoms with Gasteiger partial charge in [-0.2, -0.15) is 0 Å². The van der Waals surface area contributed by atoms with E-state index in [1.54, 1.807) is 0 Å². The molecule has 1 heterocycles. The van der Waals surface area contributed by atoms with Crippen molar-refractivity contribution in [2.75, 3.05) is 5.75 Å². The standard InChI is InChI=1S/C9H16OS2/c1-8(10)4-2-3-5-9-6-7-11-12-9/h9-10H,1-7H2. The maximum absolute atomic E-state index is 8.84. The summed E-state index contributed by atoms with van der Waals surface area (Å²) in [4.78, 5) is 0. The third-order valence-electron chi connectivity index (χ3n) is 1.97. The fourth-order valence-electron chi connectivity index (χ4n) is 1.27. The van der Waals surface area contributed by atoms with Gasteiger partial charge in [-0.3, -0.25) is 0 Å². The number of unbranched alkanes of at least 4 members (excludes halogenated alkanes) is 1. The highest BCUT2D eigenvalue weighted by Gasteiger charge is 2.15. The summed E-state index contributed by atoms with van der Waals surface area (Å²) >= 11 is 0. The topological polar surface area (TPSA) is 20.2 Å². The van der Waals surface area contributed by atoms with Crippen LogP contribution >= 0.6 is 21.6 Å². The van der Waals surface area contributed by atoms with Gasteiger partial charge in [0.05, 0.1) is 5.76 Å². The number of rotatable bonds is 5. The zero-order valence-electron chi connectivity index (χ0n) is 7.29. The predicted octanol–water partition coefficient (Wildman–Crippen LogP) is 3.77. The lowest BCUT2D eigenvalue weighted by atomic mass is 10.1. The molecule has 12 heavy (non-hydrogen) atoms. The van der Waals surface area contributed by atoms with Gasteiger partial charge in [0.25, 0.3) is 0 Å². The lowest BCUT2D eigenvalue weighted by Gasteiger charge is -2.05. The van der Waals surface area contributed by atoms with E-state index >= 15 is 0 Å². The molecular weight excluding hydrogens is 188 g/mol. The fourth-order valence-corrected chi connectivity index (χ4v) is 4.29. The number of aliphatic hydroxyl groups excluding tert-OH is 1. The first-order valence-corrected chi connectivity index (χ1v) is 6.82. The summed E-state index contributed by atoms with van der Waals surface area (Å²) in [5.74, 6) is 1.66. The van der Waals surface area contributed by atoms with Gasteiger partial charge < -0.3 is 5.11 Å². The molecular formula is C9H16OS2. The molecule has 0 aromatic carbocycles. The molecule has 70 valence electrons. The summed E-state index contributed by atoms with van der Waals surface area (Å²) in [6.07, 6.45) is 5.79. The summed E-state index contributed by atoms with van der Waals surface area (Å²) in [5, 5.41) is 9.72. The van der Waals surface area contributed by atoms with E-state index in [4.69, 9.17) is 5.11 Å². The largest absolute Gasteiger partial charge is 0.513 e. The van der Waals surface area contributed by atoms with Gasteiger partial charge in [0.15, 0.2) is 0 Å². The van der Waals surface area contributed by atoms with Crippen LogP contribution in [0.2, 0.25) is 0 Å². The highest BCUT2D eigenvalue weighted by Crippen LogP contribution is 2.39. The van der Waals surface area contributed by atoms with Crippen molar-refractivity contribution in [1.29, 1.82) is 0 Å². The summed E-state index contributed by atoms with van der Waals surface area (Å²) in [5.41, 5.74) is 0. The normalized spacial score (nSPS) is 22.8. The lowest BCUT2D eigenvalue weighted by molar-refractivity contribution is 0.383. The number of hydrogen-bond donors (Lipinski definition) is 1. The van der Waals surface area contributed by atoms with E-state index in [9.17, 15) is 0 Å². The van der Waals surface area contributed by atoms with Crippen LogP contribution in [-0.4, -0.2) is 16.1 Å². The van der Waals surface area contributed by atoms with Gasteiger partial charge in [0.1, 0.15) is 0 Å². The van der Waals surface area contributed by atoms with Crippen LogP contribution in [0.4, 0.5) is 0 Å². The van der Waals surface area contributed by atoms with Gasteiger partial charge in [-0.05, 0) is 19.3 Å². The molecule has 1 nitrogen and oxygen atoms in total. The Hall–Kier alpha value is 0.240. The van der Waals surface area contributed by atoms with Gasteiger partial charge in [0.2, 0.25) is 0 Å². The Morgan fingerprint density at radius 2 is 2.33 bits per heavy atom. The van der Waals surface area contributed by atoms with Crippen molar-refractivity contribution in [2.45, 2.75) is 37.4 Å². The number of aliphatic hydroxyl groups is 1. The molecule has 0 saturated carbocycles. The van der Waals surface area contributed by atoms with Gasteiger partial charge in [-0.15, -0.1) is 0 Å². The van der Waals surface area contributed by atoms with Crippen LogP contribution in [0.25, 0.3) is 0 Å². The summed E-state index contributed by atoms with van der Waals surface area (Å²) < 4.78 is 0. The van der Waals surface area contributed by atoms with Crippen molar-refractivity contribution in [1.82, 2.24) is 0 Å². The first-order valence-electron chi connectivity index (χ1n) is 4.44. The second-order valence-corrected chi connectivity index (χ2v) is 5.93. The van der Waals surface area contributed by atoms with Crippen LogP contribution in [0.1, 0.15) is 32.1 Å². The van der Waals surface area contributed by atoms with Crippen molar-refractivity contribution in [3.63, 3.8) is 0 Å². The smallest absolute Gasteiger partial charge is 0.0851 e. The molecule has 1 aliphatic rings. The van der Waals surface area contributed by atoms with E-state index in [1.165, 1.54) is 25.0 Å². The number of allylic oxidation sites excluding steroid dienone is 1. The highest BCUT2D eigenvalue weighted by atomic mass is 33.1. The molecule has 0 aliphatic carbocycles. The molecule has 0 aromatic heterocycles. The second-order valence-electron chi connectivity index (χ2n) is 3.14. The molecule has 3 heteroatoms. The van der Waals surface area contributed by atoms with Crippen molar-refractivity contribution < 1.29 is 5.11 Å². The number of hydrogen-bond acceptors (Lipinski definition) is 3. The van der Waals surface area contributed by atoms with Crippen LogP contribution < -0.4 is 0 Å². The molecule has 1 rings (SSSR count). The Morgan fingerprint density at radius 3 is 2.92 bits per heavy atom. The summed E-state index contributed by atoms with van der Waals surface area (Å²) in [6.45, 7) is 3.47. The molecule has 1 aliphatic heterocycles. The van der Waals surface area contributed by atoms with E-state index in [1.807, 2.05) is 21.6 Å². The van der Waals surface area contributed by atoms with Gasteiger partial charge >= 0.3 is 0 Å². The maximum Gasteiger partial charge on any atom is 0.0851 e. The van der Waals surface area contributed by atoms with Gasteiger partial charge in [0, 0.05) is 17.4 Å². The van der Waals surface area contributed by atoms with E-state index in [0.717, 1.165) is 18.1 Å². The molecule has 1 fully saturated rings. The highest BCUT2D eigenvalue weighted by molar-refractivity contribution is 8.77. The molecule has 0 aromatic rings. The minimum Gasteiger partial charge on any atom is -0.513 e. The summed E-state index contributed by atoms with van der Waals surface area (Å²) in [6, 6.07) is 0. The summed E-state index contributed by atoms with van der Waals surface area (Å²) in [7, 11) is 4.03. The molecule has 0 amide bonds. The molecule has 1 N–H and O–H groups in total. The van der Waals surface area contributed by atoms with E-state index < -0.39 is 0 Å². The van der Waals surface area contributed by atoms with Crippen molar-refractivity contribution in [3.8, 4) is 0 Å².